The van der Waals surface area contributed by atoms with Crippen LogP contribution in [-0.4, -0.2) is 66.6 Å². The normalized spacial score (nSPS) is 24.3. The molecule has 2 fully saturated rings. The number of rotatable bonds is 10. The van der Waals surface area contributed by atoms with Crippen molar-refractivity contribution in [2.75, 3.05) is 26.8 Å². The summed E-state index contributed by atoms with van der Waals surface area (Å²) in [6.07, 6.45) is 2.35. The fourth-order valence-corrected chi connectivity index (χ4v) is 8.00. The number of ether oxygens (including phenoxy) is 3. The zero-order valence-electron chi connectivity index (χ0n) is 27.9. The minimum Gasteiger partial charge on any atom is -0.468 e. The van der Waals surface area contributed by atoms with E-state index in [1.54, 1.807) is 29.2 Å². The van der Waals surface area contributed by atoms with Crippen molar-refractivity contribution in [3.05, 3.63) is 117 Å². The molecule has 3 aromatic rings. The van der Waals surface area contributed by atoms with E-state index >= 15 is 0 Å². The predicted molar refractivity (Wildman–Crippen MR) is 188 cm³/mol. The Morgan fingerprint density at radius 2 is 1.67 bits per heavy atom. The molecule has 0 bridgehead atoms. The zero-order valence-corrected chi connectivity index (χ0v) is 29.4. The summed E-state index contributed by atoms with van der Waals surface area (Å²) in [6.45, 7) is 3.73. The van der Waals surface area contributed by atoms with Crippen molar-refractivity contribution in [1.82, 2.24) is 9.80 Å². The van der Waals surface area contributed by atoms with Crippen molar-refractivity contribution in [2.24, 2.45) is 11.3 Å². The van der Waals surface area contributed by atoms with E-state index < -0.39 is 29.5 Å². The molecule has 4 atom stereocenters. The van der Waals surface area contributed by atoms with Crippen LogP contribution in [0.2, 0.25) is 10.0 Å². The van der Waals surface area contributed by atoms with Crippen LogP contribution < -0.4 is 0 Å². The number of carbonyl (C=O) groups is 3. The number of piperidine rings is 2. The van der Waals surface area contributed by atoms with Crippen molar-refractivity contribution in [2.45, 2.75) is 63.9 Å². The van der Waals surface area contributed by atoms with Crippen LogP contribution in [-0.2, 0) is 41.7 Å². The van der Waals surface area contributed by atoms with Gasteiger partial charge in [-0.05, 0) is 67.0 Å². The summed E-state index contributed by atoms with van der Waals surface area (Å²) in [7, 11) is 1.34. The second kappa shape index (κ2) is 15.5. The highest BCUT2D eigenvalue weighted by Gasteiger charge is 2.59. The first kappa shape index (κ1) is 35.1. The van der Waals surface area contributed by atoms with Crippen LogP contribution in [0.5, 0.6) is 0 Å². The highest BCUT2D eigenvalue weighted by Crippen LogP contribution is 2.51. The van der Waals surface area contributed by atoms with Gasteiger partial charge in [-0.25, -0.2) is 0 Å². The Bertz CT molecular complexity index is 1680. The van der Waals surface area contributed by atoms with E-state index in [2.05, 4.69) is 12.1 Å². The molecule has 0 saturated carbocycles. The van der Waals surface area contributed by atoms with Gasteiger partial charge >= 0.3 is 5.97 Å². The lowest BCUT2D eigenvalue weighted by molar-refractivity contribution is -0.178. The maximum Gasteiger partial charge on any atom is 0.320 e. The topological polar surface area (TPSA) is 85.4 Å². The molecule has 3 heterocycles. The molecule has 0 radical (unpaired) electrons. The van der Waals surface area contributed by atoms with Crippen molar-refractivity contribution < 1.29 is 28.6 Å². The monoisotopic (exact) mass is 704 g/mol. The van der Waals surface area contributed by atoms with Crippen LogP contribution in [0.25, 0.3) is 0 Å². The Balaban J connectivity index is 1.27. The molecule has 0 unspecified atom stereocenters. The number of carbonyl (C=O) groups excluding carboxylic acids is 3. The van der Waals surface area contributed by atoms with Gasteiger partial charge in [0.15, 0.2) is 0 Å². The molecule has 6 rings (SSSR count). The zero-order chi connectivity index (χ0) is 34.5. The Kier molecular flexibility index (Phi) is 11.1. The average Bonchev–Trinajstić information content (AvgIpc) is 3.12. The molecule has 0 aromatic heterocycles. The van der Waals surface area contributed by atoms with Crippen LogP contribution in [0.15, 0.2) is 90.6 Å². The SMILES string of the molecule is COC(=O)[C@]12C[C@H](CC(=O)N3CCC(c4ccccc4)CC3)C(=O)N(Cc3ccc(Cl)cc3Cl)C1=C[C@H](COCc1ccccc1)O[C@@H]2C. The van der Waals surface area contributed by atoms with Gasteiger partial charge in [0.2, 0.25) is 11.8 Å². The molecule has 2 saturated heterocycles. The summed E-state index contributed by atoms with van der Waals surface area (Å²) in [5, 5.41) is 0.864. The Labute approximate surface area is 297 Å². The third kappa shape index (κ3) is 7.58. The number of hydrogen-bond acceptors (Lipinski definition) is 6. The Morgan fingerprint density at radius 1 is 0.980 bits per heavy atom. The molecule has 2 amide bonds. The fraction of sp³-hybridized carbons (Fsp3) is 0.410. The van der Waals surface area contributed by atoms with Crippen LogP contribution in [0.1, 0.15) is 55.2 Å². The second-order valence-electron chi connectivity index (χ2n) is 13.2. The fourth-order valence-electron chi connectivity index (χ4n) is 7.53. The largest absolute Gasteiger partial charge is 0.468 e. The third-order valence-corrected chi connectivity index (χ3v) is 10.8. The molecule has 8 nitrogen and oxygen atoms in total. The van der Waals surface area contributed by atoms with Gasteiger partial charge in [0.1, 0.15) is 11.5 Å². The molecule has 0 N–H and O–H groups in total. The molecule has 3 aromatic carbocycles. The van der Waals surface area contributed by atoms with Gasteiger partial charge in [0.25, 0.3) is 0 Å². The summed E-state index contributed by atoms with van der Waals surface area (Å²) in [5.41, 5.74) is 2.11. The van der Waals surface area contributed by atoms with E-state index in [1.165, 1.54) is 12.7 Å². The smallest absolute Gasteiger partial charge is 0.320 e. The Morgan fingerprint density at radius 3 is 2.35 bits per heavy atom. The van der Waals surface area contributed by atoms with E-state index in [4.69, 9.17) is 37.4 Å². The van der Waals surface area contributed by atoms with Crippen LogP contribution in [0.3, 0.4) is 0 Å². The van der Waals surface area contributed by atoms with E-state index in [0.29, 0.717) is 46.9 Å². The summed E-state index contributed by atoms with van der Waals surface area (Å²) in [5.74, 6) is -1.25. The predicted octanol–water partition coefficient (Wildman–Crippen LogP) is 7.19. The maximum atomic E-state index is 14.5. The molecule has 0 aliphatic carbocycles. The number of nitrogens with zero attached hydrogens (tertiary/aromatic N) is 2. The van der Waals surface area contributed by atoms with E-state index in [9.17, 15) is 14.4 Å². The van der Waals surface area contributed by atoms with Gasteiger partial charge in [0.05, 0.1) is 33.0 Å². The van der Waals surface area contributed by atoms with Gasteiger partial charge in [-0.1, -0.05) is 89.9 Å². The van der Waals surface area contributed by atoms with Gasteiger partial charge in [-0.2, -0.15) is 0 Å². The first-order chi connectivity index (χ1) is 23.7. The lowest BCUT2D eigenvalue weighted by atomic mass is 9.66. The number of fused-ring (bicyclic) bond motifs is 1. The lowest BCUT2D eigenvalue weighted by Gasteiger charge is -2.51. The maximum absolute atomic E-state index is 14.5. The molecule has 3 aliphatic rings. The van der Waals surface area contributed by atoms with Crippen LogP contribution >= 0.6 is 23.2 Å². The number of methoxy groups -OCH3 is 1. The first-order valence-electron chi connectivity index (χ1n) is 16.9. The molecule has 258 valence electrons. The summed E-state index contributed by atoms with van der Waals surface area (Å²) in [4.78, 5) is 45.7. The van der Waals surface area contributed by atoms with Crippen molar-refractivity contribution in [3.8, 4) is 0 Å². The van der Waals surface area contributed by atoms with Crippen molar-refractivity contribution in [1.29, 1.82) is 0 Å². The molecule has 3 aliphatic heterocycles. The summed E-state index contributed by atoms with van der Waals surface area (Å²) < 4.78 is 17.9. The van der Waals surface area contributed by atoms with Gasteiger partial charge in [0, 0.05) is 41.2 Å². The molecule has 49 heavy (non-hydrogen) atoms. The number of halogens is 2. The van der Waals surface area contributed by atoms with E-state index in [-0.39, 0.29) is 37.8 Å². The number of hydrogen-bond donors (Lipinski definition) is 0. The highest BCUT2D eigenvalue weighted by atomic mass is 35.5. The first-order valence-corrected chi connectivity index (χ1v) is 17.6. The molecular weight excluding hydrogens is 663 g/mol. The van der Waals surface area contributed by atoms with Gasteiger partial charge in [-0.15, -0.1) is 0 Å². The number of amides is 2. The third-order valence-electron chi connectivity index (χ3n) is 10.2. The van der Waals surface area contributed by atoms with Crippen LogP contribution in [0, 0.1) is 11.3 Å². The quantitative estimate of drug-likeness (QED) is 0.208. The minimum atomic E-state index is -1.33. The lowest BCUT2D eigenvalue weighted by Crippen LogP contribution is -2.60. The number of esters is 1. The van der Waals surface area contributed by atoms with E-state index in [1.807, 2.05) is 60.4 Å². The molecule has 0 spiro atoms. The summed E-state index contributed by atoms with van der Waals surface area (Å²) >= 11 is 12.8. The number of benzene rings is 3. The average molecular weight is 706 g/mol. The van der Waals surface area contributed by atoms with Crippen LogP contribution in [0.4, 0.5) is 0 Å². The van der Waals surface area contributed by atoms with Gasteiger partial charge < -0.3 is 24.0 Å². The summed E-state index contributed by atoms with van der Waals surface area (Å²) in [6, 6.07) is 25.3. The molecular formula is C39H42Cl2N2O6. The minimum absolute atomic E-state index is 0.0257. The van der Waals surface area contributed by atoms with Crippen molar-refractivity contribution in [3.63, 3.8) is 0 Å². The number of likely N-dealkylation sites (tertiary alicyclic amines) is 2. The van der Waals surface area contributed by atoms with E-state index in [0.717, 1.165) is 18.4 Å². The highest BCUT2D eigenvalue weighted by molar-refractivity contribution is 6.35. The Hall–Kier alpha value is -3.69. The second-order valence-corrected chi connectivity index (χ2v) is 14.0. The van der Waals surface area contributed by atoms with Gasteiger partial charge in [-0.3, -0.25) is 14.4 Å². The standard InChI is InChI=1S/C39H42Cl2N2O6/c1-26-39(38(46)47-2)22-31(19-36(44)42-17-15-29(16-18-42)28-11-7-4-8-12-28)37(45)43(23-30-13-14-32(40)20-34(30)41)35(39)21-33(49-26)25-48-24-27-9-5-3-6-10-27/h3-14,20-21,26,29,31,33H,15-19,22-25H2,1-2H3/t26-,31+,33-,39+/m1/s1. The molecule has 10 heteroatoms. The van der Waals surface area contributed by atoms with Crippen molar-refractivity contribution >= 4 is 41.0 Å².